The van der Waals surface area contributed by atoms with Crippen molar-refractivity contribution in [2.75, 3.05) is 16.4 Å². The lowest BCUT2D eigenvalue weighted by Crippen LogP contribution is -2.11. The van der Waals surface area contributed by atoms with Gasteiger partial charge in [-0.2, -0.15) is 0 Å². The molecule has 1 aromatic heterocycles. The van der Waals surface area contributed by atoms with Gasteiger partial charge in [0.25, 0.3) is 0 Å². The summed E-state index contributed by atoms with van der Waals surface area (Å²) in [4.78, 5) is 28.1. The molecule has 0 radical (unpaired) electrons. The summed E-state index contributed by atoms with van der Waals surface area (Å²) in [5, 5.41) is 2.25. The Kier molecular flexibility index (Phi) is 11.2. The minimum atomic E-state index is -0.452. The number of aryl methyl sites for hydroxylation is 3. The summed E-state index contributed by atoms with van der Waals surface area (Å²) in [6, 6.07) is 54.9. The van der Waals surface area contributed by atoms with Gasteiger partial charge < -0.3 is 23.8 Å². The van der Waals surface area contributed by atoms with E-state index in [0.717, 1.165) is 78.3 Å². The van der Waals surface area contributed by atoms with Crippen LogP contribution in [0.5, 0.6) is 5.75 Å². The molecule has 1 heterocycles. The van der Waals surface area contributed by atoms with E-state index in [9.17, 15) is 9.59 Å². The van der Waals surface area contributed by atoms with Crippen molar-refractivity contribution in [1.29, 1.82) is 0 Å². The van der Waals surface area contributed by atoms with Crippen molar-refractivity contribution >= 4 is 67.7 Å². The number of benzene rings is 7. The van der Waals surface area contributed by atoms with Crippen LogP contribution in [0.4, 0.5) is 34.1 Å². The zero-order valence-electron chi connectivity index (χ0n) is 34.0. The molecule has 7 aromatic carbocycles. The Hall–Kier alpha value is -7.64. The normalized spacial score (nSPS) is 11.0. The van der Waals surface area contributed by atoms with Gasteiger partial charge in [-0.15, -0.1) is 0 Å². The average molecular weight is 788 g/mol. The van der Waals surface area contributed by atoms with E-state index >= 15 is 0 Å². The summed E-state index contributed by atoms with van der Waals surface area (Å²) < 4.78 is 13.4. The Morgan fingerprint density at radius 1 is 0.550 bits per heavy atom. The van der Waals surface area contributed by atoms with Gasteiger partial charge in [0, 0.05) is 56.7 Å². The lowest BCUT2D eigenvalue weighted by atomic mass is 10.1. The molecular weight excluding hydrogens is 743 g/mol. The van der Waals surface area contributed by atoms with Crippen LogP contribution in [0, 0.1) is 20.8 Å². The number of rotatable bonds is 14. The van der Waals surface area contributed by atoms with Gasteiger partial charge in [0.1, 0.15) is 12.4 Å². The van der Waals surface area contributed by atoms with Crippen molar-refractivity contribution in [2.45, 2.75) is 27.4 Å². The van der Waals surface area contributed by atoms with Gasteiger partial charge in [0.15, 0.2) is 12.4 Å². The van der Waals surface area contributed by atoms with Crippen LogP contribution in [-0.4, -0.2) is 22.9 Å². The maximum Gasteiger partial charge on any atom is 0.330 e. The summed E-state index contributed by atoms with van der Waals surface area (Å²) in [7, 11) is 0. The highest BCUT2D eigenvalue weighted by atomic mass is 16.5. The molecule has 0 spiro atoms. The standard InChI is InChI=1S/C53H45N3O4/c1-6-47(57)35-59-48-26-22-41(23-27-48)55(44-13-9-11-38(5)31-44)46-25-29-50-49-28-24-45(32-51(49)56(52(50)33-46)42-18-14-36(3)15-19-42)54(43-12-8-10-37(4)30-43)40-20-16-39(17-21-40)34-60-53(58)7-2/h6-33H,1-2,34-35H2,3-5H3. The number of ether oxygens (including phenoxy) is 2. The van der Waals surface area contributed by atoms with E-state index in [0.29, 0.717) is 5.75 Å². The quantitative estimate of drug-likeness (QED) is 0.0808. The van der Waals surface area contributed by atoms with Crippen molar-refractivity contribution in [2.24, 2.45) is 0 Å². The van der Waals surface area contributed by atoms with E-state index in [1.165, 1.54) is 17.7 Å². The maximum absolute atomic E-state index is 11.9. The molecule has 0 saturated carbocycles. The first kappa shape index (κ1) is 39.2. The second-order valence-electron chi connectivity index (χ2n) is 14.9. The molecule has 8 aromatic rings. The summed E-state index contributed by atoms with van der Waals surface area (Å²) in [6.45, 7) is 13.5. The van der Waals surface area contributed by atoms with E-state index in [-0.39, 0.29) is 19.0 Å². The summed E-state index contributed by atoms with van der Waals surface area (Å²) in [5.74, 6) is -0.0210. The number of carbonyl (C=O) groups is 2. The third-order valence-corrected chi connectivity index (χ3v) is 10.5. The predicted octanol–water partition coefficient (Wildman–Crippen LogP) is 13.0. The van der Waals surface area contributed by atoms with Gasteiger partial charge in [-0.25, -0.2) is 4.79 Å². The number of anilines is 6. The number of hydrogen-bond donors (Lipinski definition) is 0. The van der Waals surface area contributed by atoms with Crippen molar-refractivity contribution in [3.05, 3.63) is 205 Å². The largest absolute Gasteiger partial charge is 0.485 e. The zero-order chi connectivity index (χ0) is 41.8. The Morgan fingerprint density at radius 3 is 1.55 bits per heavy atom. The number of hydrogen-bond acceptors (Lipinski definition) is 6. The van der Waals surface area contributed by atoms with Crippen LogP contribution in [0.2, 0.25) is 0 Å². The molecule has 296 valence electrons. The van der Waals surface area contributed by atoms with E-state index in [2.05, 4.69) is 170 Å². The van der Waals surface area contributed by atoms with Crippen LogP contribution < -0.4 is 14.5 Å². The van der Waals surface area contributed by atoms with Crippen molar-refractivity contribution in [1.82, 2.24) is 4.57 Å². The first-order valence-corrected chi connectivity index (χ1v) is 19.8. The Labute approximate surface area is 350 Å². The van der Waals surface area contributed by atoms with Crippen LogP contribution in [0.1, 0.15) is 22.3 Å². The first-order valence-electron chi connectivity index (χ1n) is 19.8. The van der Waals surface area contributed by atoms with Crippen LogP contribution in [-0.2, 0) is 20.9 Å². The predicted molar refractivity (Wildman–Crippen MR) is 245 cm³/mol. The number of ketones is 1. The molecule has 0 aliphatic carbocycles. The van der Waals surface area contributed by atoms with Crippen LogP contribution >= 0.6 is 0 Å². The Balaban J connectivity index is 1.29. The van der Waals surface area contributed by atoms with Gasteiger partial charge in [0.2, 0.25) is 0 Å². The minimum absolute atomic E-state index is 0.0591. The van der Waals surface area contributed by atoms with Gasteiger partial charge >= 0.3 is 5.97 Å². The Morgan fingerprint density at radius 2 is 1.05 bits per heavy atom. The molecule has 0 N–H and O–H groups in total. The van der Waals surface area contributed by atoms with E-state index in [4.69, 9.17) is 9.47 Å². The highest BCUT2D eigenvalue weighted by molar-refractivity contribution is 6.11. The fourth-order valence-electron chi connectivity index (χ4n) is 7.53. The van der Waals surface area contributed by atoms with Gasteiger partial charge in [-0.3, -0.25) is 4.79 Å². The molecule has 0 amide bonds. The van der Waals surface area contributed by atoms with Crippen molar-refractivity contribution < 1.29 is 19.1 Å². The van der Waals surface area contributed by atoms with E-state index in [1.807, 2.05) is 36.4 Å². The highest BCUT2D eigenvalue weighted by Gasteiger charge is 2.21. The highest BCUT2D eigenvalue weighted by Crippen LogP contribution is 2.43. The topological polar surface area (TPSA) is 64.0 Å². The molecule has 0 fully saturated rings. The molecule has 0 bridgehead atoms. The van der Waals surface area contributed by atoms with Gasteiger partial charge in [-0.1, -0.05) is 79.4 Å². The van der Waals surface area contributed by atoms with Crippen LogP contribution in [0.3, 0.4) is 0 Å². The molecule has 7 nitrogen and oxygen atoms in total. The fraction of sp³-hybridized carbons (Fsp3) is 0.0943. The fourth-order valence-corrected chi connectivity index (χ4v) is 7.53. The maximum atomic E-state index is 11.9. The molecule has 0 atom stereocenters. The third kappa shape index (κ3) is 8.20. The van der Waals surface area contributed by atoms with Gasteiger partial charge in [0.05, 0.1) is 11.0 Å². The second kappa shape index (κ2) is 17.1. The van der Waals surface area contributed by atoms with E-state index < -0.39 is 5.97 Å². The van der Waals surface area contributed by atoms with Gasteiger partial charge in [-0.05, 0) is 141 Å². The molecule has 0 saturated heterocycles. The number of carbonyl (C=O) groups excluding carboxylic acids is 2. The zero-order valence-corrected chi connectivity index (χ0v) is 34.0. The molecule has 0 aliphatic rings. The number of fused-ring (bicyclic) bond motifs is 3. The SMILES string of the molecule is C=CC(=O)COc1ccc(N(c2cccc(C)c2)c2ccc3c4ccc(N(c5ccc(COC(=O)C=C)cc5)c5cccc(C)c5)cc4n(-c4ccc(C)cc4)c3c2)cc1. The molecule has 8 rings (SSSR count). The van der Waals surface area contributed by atoms with Crippen LogP contribution in [0.25, 0.3) is 27.5 Å². The summed E-state index contributed by atoms with van der Waals surface area (Å²) in [5.41, 5.74) is 13.5. The first-order chi connectivity index (χ1) is 29.2. The summed E-state index contributed by atoms with van der Waals surface area (Å²) in [6.07, 6.45) is 2.45. The molecular formula is C53H45N3O4. The minimum Gasteiger partial charge on any atom is -0.485 e. The molecule has 0 aliphatic heterocycles. The molecule has 0 unspecified atom stereocenters. The monoisotopic (exact) mass is 787 g/mol. The van der Waals surface area contributed by atoms with Crippen molar-refractivity contribution in [3.8, 4) is 11.4 Å². The smallest absolute Gasteiger partial charge is 0.330 e. The summed E-state index contributed by atoms with van der Waals surface area (Å²) >= 11 is 0. The van der Waals surface area contributed by atoms with E-state index in [1.54, 1.807) is 0 Å². The number of esters is 1. The molecule has 7 heteroatoms. The number of nitrogens with zero attached hydrogens (tertiary/aromatic N) is 3. The van der Waals surface area contributed by atoms with Crippen molar-refractivity contribution in [3.63, 3.8) is 0 Å². The third-order valence-electron chi connectivity index (χ3n) is 10.5. The van der Waals surface area contributed by atoms with Crippen LogP contribution in [0.15, 0.2) is 183 Å². The lowest BCUT2D eigenvalue weighted by Gasteiger charge is -2.26. The lowest BCUT2D eigenvalue weighted by molar-refractivity contribution is -0.139. The number of aromatic nitrogens is 1. The Bertz CT molecular complexity index is 2700. The second-order valence-corrected chi connectivity index (χ2v) is 14.9. The average Bonchev–Trinajstić information content (AvgIpc) is 3.59. The molecule has 60 heavy (non-hydrogen) atoms.